The number of nitrogens with zero attached hydrogens (tertiary/aromatic N) is 3. The zero-order valence-electron chi connectivity index (χ0n) is 13.9. The van der Waals surface area contributed by atoms with E-state index in [0.29, 0.717) is 33.0 Å². The number of carbonyl (C=O) groups excluding carboxylic acids is 2. The van der Waals surface area contributed by atoms with Crippen molar-refractivity contribution in [2.75, 3.05) is 5.43 Å². The average molecular weight is 368 g/mol. The highest BCUT2D eigenvalue weighted by Crippen LogP contribution is 2.31. The maximum Gasteiger partial charge on any atom is 0.275 e. The van der Waals surface area contributed by atoms with Crippen LogP contribution in [0, 0.1) is 12.7 Å². The highest BCUT2D eigenvalue weighted by Gasteiger charge is 2.29. The average Bonchev–Trinajstić information content (AvgIpc) is 3.09. The summed E-state index contributed by atoms with van der Waals surface area (Å²) in [4.78, 5) is 34.9. The molecule has 26 heavy (non-hydrogen) atoms. The highest BCUT2D eigenvalue weighted by atomic mass is 32.1. The number of rotatable bonds is 3. The molecular weight excluding hydrogens is 355 g/mol. The topological polar surface area (TPSA) is 75.2 Å². The number of aromatic nitrogens is 2. The lowest BCUT2D eigenvalue weighted by molar-refractivity contribution is -0.135. The largest absolute Gasteiger partial charge is 0.275 e. The minimum absolute atomic E-state index is 0.350. The number of hydrogen-bond donors (Lipinski definition) is 1. The van der Waals surface area contributed by atoms with Gasteiger partial charge in [0, 0.05) is 22.1 Å². The standard InChI is InChI=1S/C18H13FN4O2S/c1-9-7-14(24)23(18(9)25)22-16-13-8-10(2)26-17(13)21-15(20-16)11-3-5-12(19)6-4-11/h3-8H,1-2H3,(H,20,21,22). The van der Waals surface area contributed by atoms with E-state index < -0.39 is 11.8 Å². The first-order valence-electron chi connectivity index (χ1n) is 7.80. The number of imide groups is 1. The van der Waals surface area contributed by atoms with Gasteiger partial charge in [0.2, 0.25) is 0 Å². The Morgan fingerprint density at radius 2 is 1.85 bits per heavy atom. The number of thiophene rings is 1. The van der Waals surface area contributed by atoms with Gasteiger partial charge in [-0.25, -0.2) is 14.4 Å². The smallest absolute Gasteiger partial charge is 0.271 e. The van der Waals surface area contributed by atoms with E-state index >= 15 is 0 Å². The third kappa shape index (κ3) is 2.74. The fourth-order valence-electron chi connectivity index (χ4n) is 2.65. The van der Waals surface area contributed by atoms with E-state index in [9.17, 15) is 14.0 Å². The summed E-state index contributed by atoms with van der Waals surface area (Å²) in [6.07, 6.45) is 1.27. The van der Waals surface area contributed by atoms with Crippen LogP contribution in [0.15, 0.2) is 42.0 Å². The number of anilines is 1. The van der Waals surface area contributed by atoms with Crippen LogP contribution in [-0.2, 0) is 9.59 Å². The first kappa shape index (κ1) is 16.3. The number of hydrazine groups is 1. The van der Waals surface area contributed by atoms with Crippen molar-refractivity contribution in [2.45, 2.75) is 13.8 Å². The maximum absolute atomic E-state index is 13.2. The lowest BCUT2D eigenvalue weighted by Crippen LogP contribution is -2.36. The maximum atomic E-state index is 13.2. The van der Waals surface area contributed by atoms with Gasteiger partial charge in [0.05, 0.1) is 5.39 Å². The molecule has 1 N–H and O–H groups in total. The zero-order valence-corrected chi connectivity index (χ0v) is 14.7. The molecule has 130 valence electrons. The molecule has 8 heteroatoms. The van der Waals surface area contributed by atoms with Crippen molar-refractivity contribution in [2.24, 2.45) is 0 Å². The fraction of sp³-hybridized carbons (Fsp3) is 0.111. The van der Waals surface area contributed by atoms with Crippen LogP contribution in [-0.4, -0.2) is 26.8 Å². The molecule has 0 spiro atoms. The number of amides is 2. The minimum atomic E-state index is -0.449. The third-order valence-corrected chi connectivity index (χ3v) is 4.88. The number of nitrogens with one attached hydrogen (secondary N) is 1. The van der Waals surface area contributed by atoms with E-state index in [2.05, 4.69) is 15.4 Å². The predicted octanol–water partition coefficient (Wildman–Crippen LogP) is 3.45. The first-order valence-corrected chi connectivity index (χ1v) is 8.61. The van der Waals surface area contributed by atoms with Gasteiger partial charge in [-0.2, -0.15) is 5.01 Å². The monoisotopic (exact) mass is 368 g/mol. The molecule has 0 aliphatic carbocycles. The van der Waals surface area contributed by atoms with Crippen LogP contribution in [0.25, 0.3) is 21.6 Å². The van der Waals surface area contributed by atoms with Gasteiger partial charge in [0.1, 0.15) is 10.6 Å². The molecule has 3 heterocycles. The SMILES string of the molecule is CC1=CC(=O)N(Nc2nc(-c3ccc(F)cc3)nc3sc(C)cc23)C1=O. The van der Waals surface area contributed by atoms with Crippen molar-refractivity contribution in [3.63, 3.8) is 0 Å². The number of halogens is 1. The van der Waals surface area contributed by atoms with Crippen LogP contribution >= 0.6 is 11.3 Å². The van der Waals surface area contributed by atoms with Gasteiger partial charge in [0.25, 0.3) is 11.8 Å². The van der Waals surface area contributed by atoms with Crippen molar-refractivity contribution >= 4 is 39.2 Å². The second kappa shape index (κ2) is 5.99. The Balaban J connectivity index is 1.81. The number of aryl methyl sites for hydroxylation is 1. The molecule has 0 saturated heterocycles. The molecule has 0 saturated carbocycles. The van der Waals surface area contributed by atoms with Gasteiger partial charge in [-0.3, -0.25) is 15.0 Å². The van der Waals surface area contributed by atoms with Crippen molar-refractivity contribution in [3.05, 3.63) is 52.7 Å². The molecule has 1 aliphatic heterocycles. The minimum Gasteiger partial charge on any atom is -0.271 e. The summed E-state index contributed by atoms with van der Waals surface area (Å²) in [7, 11) is 0. The van der Waals surface area contributed by atoms with Gasteiger partial charge in [-0.15, -0.1) is 11.3 Å². The van der Waals surface area contributed by atoms with Gasteiger partial charge in [-0.1, -0.05) is 0 Å². The summed E-state index contributed by atoms with van der Waals surface area (Å²) in [6, 6.07) is 7.71. The molecule has 1 aliphatic rings. The summed E-state index contributed by atoms with van der Waals surface area (Å²) in [5, 5.41) is 1.64. The van der Waals surface area contributed by atoms with Crippen LogP contribution in [0.1, 0.15) is 11.8 Å². The fourth-order valence-corrected chi connectivity index (χ4v) is 3.53. The molecular formula is C18H13FN4O2S. The summed E-state index contributed by atoms with van der Waals surface area (Å²) >= 11 is 1.47. The van der Waals surface area contributed by atoms with Gasteiger partial charge < -0.3 is 0 Å². The van der Waals surface area contributed by atoms with Crippen LogP contribution < -0.4 is 5.43 Å². The first-order chi connectivity index (χ1) is 12.4. The van der Waals surface area contributed by atoms with Crippen molar-refractivity contribution < 1.29 is 14.0 Å². The van der Waals surface area contributed by atoms with E-state index in [1.807, 2.05) is 13.0 Å². The van der Waals surface area contributed by atoms with E-state index in [0.717, 1.165) is 9.89 Å². The molecule has 1 aromatic carbocycles. The molecule has 0 unspecified atom stereocenters. The van der Waals surface area contributed by atoms with Gasteiger partial charge in [-0.05, 0) is 44.2 Å². The van der Waals surface area contributed by atoms with Crippen LogP contribution in [0.3, 0.4) is 0 Å². The van der Waals surface area contributed by atoms with Crippen LogP contribution in [0.2, 0.25) is 0 Å². The molecule has 0 bridgehead atoms. The van der Waals surface area contributed by atoms with Crippen molar-refractivity contribution in [1.29, 1.82) is 0 Å². The second-order valence-electron chi connectivity index (χ2n) is 5.90. The van der Waals surface area contributed by atoms with Crippen LogP contribution in [0.5, 0.6) is 0 Å². The Hall–Kier alpha value is -3.13. The Kier molecular flexibility index (Phi) is 3.77. The predicted molar refractivity (Wildman–Crippen MR) is 96.8 cm³/mol. The number of carbonyl (C=O) groups is 2. The van der Waals surface area contributed by atoms with E-state index in [1.54, 1.807) is 19.1 Å². The lowest BCUT2D eigenvalue weighted by Gasteiger charge is -2.17. The Labute approximate surface area is 152 Å². The molecule has 6 nitrogen and oxygen atoms in total. The lowest BCUT2D eigenvalue weighted by atomic mass is 10.2. The summed E-state index contributed by atoms with van der Waals surface area (Å²) in [5.74, 6) is -0.490. The number of benzene rings is 1. The number of hydrogen-bond acceptors (Lipinski definition) is 6. The van der Waals surface area contributed by atoms with E-state index in [1.165, 1.54) is 29.5 Å². The third-order valence-electron chi connectivity index (χ3n) is 3.94. The van der Waals surface area contributed by atoms with Gasteiger partial charge in [0.15, 0.2) is 11.6 Å². The Morgan fingerprint density at radius 1 is 1.12 bits per heavy atom. The molecule has 4 rings (SSSR count). The molecule has 0 fully saturated rings. The van der Waals surface area contributed by atoms with Crippen molar-refractivity contribution in [3.8, 4) is 11.4 Å². The molecule has 0 radical (unpaired) electrons. The second-order valence-corrected chi connectivity index (χ2v) is 7.13. The molecule has 2 amide bonds. The van der Waals surface area contributed by atoms with E-state index in [4.69, 9.17) is 0 Å². The Bertz CT molecular complexity index is 1090. The summed E-state index contributed by atoms with van der Waals surface area (Å²) < 4.78 is 13.2. The quantitative estimate of drug-likeness (QED) is 0.717. The molecule has 2 aromatic heterocycles. The number of fused-ring (bicyclic) bond motifs is 1. The van der Waals surface area contributed by atoms with Crippen LogP contribution in [0.4, 0.5) is 10.2 Å². The summed E-state index contributed by atoms with van der Waals surface area (Å²) in [5.41, 5.74) is 3.80. The zero-order chi connectivity index (χ0) is 18.4. The molecule has 3 aromatic rings. The van der Waals surface area contributed by atoms with E-state index in [-0.39, 0.29) is 5.82 Å². The van der Waals surface area contributed by atoms with Gasteiger partial charge >= 0.3 is 0 Å². The highest BCUT2D eigenvalue weighted by molar-refractivity contribution is 7.18. The molecule has 0 atom stereocenters. The normalized spacial score (nSPS) is 14.3. The van der Waals surface area contributed by atoms with Crippen molar-refractivity contribution in [1.82, 2.24) is 15.0 Å². The Morgan fingerprint density at radius 3 is 2.50 bits per heavy atom. The summed E-state index contributed by atoms with van der Waals surface area (Å²) in [6.45, 7) is 3.52.